The van der Waals surface area contributed by atoms with Crippen molar-refractivity contribution < 1.29 is 5.11 Å². The Hall–Kier alpha value is -0.600. The molecule has 62 valence electrons. The van der Waals surface area contributed by atoms with Gasteiger partial charge >= 0.3 is 0 Å². The summed E-state index contributed by atoms with van der Waals surface area (Å²) in [7, 11) is 0. The normalized spacial score (nSPS) is 12.1. The molecule has 1 N–H and O–H groups in total. The summed E-state index contributed by atoms with van der Waals surface area (Å²) >= 11 is 2.15. The summed E-state index contributed by atoms with van der Waals surface area (Å²) in [4.78, 5) is 3.15. The lowest BCUT2D eigenvalue weighted by Crippen LogP contribution is -2.01. The average molecular weight is 273 g/mol. The van der Waals surface area contributed by atoms with E-state index in [0.717, 1.165) is 9.13 Å². The van der Waals surface area contributed by atoms with Crippen LogP contribution in [-0.4, -0.2) is 11.7 Å². The minimum absolute atomic E-state index is 0.139. The highest BCUT2D eigenvalue weighted by atomic mass is 127. The largest absolute Gasteiger partial charge is 0.381 e. The Labute approximate surface area is 85.2 Å². The van der Waals surface area contributed by atoms with Crippen LogP contribution in [-0.2, 0) is 0 Å². The van der Waals surface area contributed by atoms with Crippen molar-refractivity contribution in [2.45, 2.75) is 6.10 Å². The summed E-state index contributed by atoms with van der Waals surface area (Å²) in [6.07, 6.45) is -0.643. The molecule has 0 aliphatic heterocycles. The number of rotatable bonds is 2. The molecule has 1 aromatic carbocycles. The van der Waals surface area contributed by atoms with E-state index in [9.17, 15) is 5.11 Å². The fourth-order valence-electron chi connectivity index (χ4n) is 0.930. The van der Waals surface area contributed by atoms with E-state index in [1.165, 1.54) is 0 Å². The fraction of sp³-hybridized carbons (Fsp3) is 0.222. The van der Waals surface area contributed by atoms with Gasteiger partial charge in [-0.1, -0.05) is 18.2 Å². The number of hydrogen-bond donors (Lipinski definition) is 1. The number of benzene rings is 1. The molecule has 0 saturated carbocycles. The Morgan fingerprint density at radius 2 is 2.17 bits per heavy atom. The van der Waals surface area contributed by atoms with Crippen LogP contribution in [0.2, 0.25) is 0 Å². The summed E-state index contributed by atoms with van der Waals surface area (Å²) < 4.78 is 1.01. The van der Waals surface area contributed by atoms with Crippen molar-refractivity contribution in [1.29, 1.82) is 0 Å². The van der Waals surface area contributed by atoms with Crippen LogP contribution in [0.25, 0.3) is 4.85 Å². The summed E-state index contributed by atoms with van der Waals surface area (Å²) in [6.45, 7) is 6.75. The van der Waals surface area contributed by atoms with Crippen molar-refractivity contribution in [3.8, 4) is 0 Å². The first-order valence-corrected chi connectivity index (χ1v) is 4.59. The van der Waals surface area contributed by atoms with Crippen molar-refractivity contribution in [3.63, 3.8) is 0 Å². The topological polar surface area (TPSA) is 24.6 Å². The minimum Gasteiger partial charge on any atom is -0.381 e. The summed E-state index contributed by atoms with van der Waals surface area (Å²) in [5, 5.41) is 9.48. The second kappa shape index (κ2) is 4.43. The van der Waals surface area contributed by atoms with E-state index >= 15 is 0 Å². The van der Waals surface area contributed by atoms with Crippen molar-refractivity contribution in [2.75, 3.05) is 6.54 Å². The number of halogens is 1. The third kappa shape index (κ3) is 2.19. The average Bonchev–Trinajstić information content (AvgIpc) is 2.05. The predicted octanol–water partition coefficient (Wildman–Crippen LogP) is 2.24. The molecule has 0 amide bonds. The van der Waals surface area contributed by atoms with Gasteiger partial charge in [-0.25, -0.2) is 6.57 Å². The van der Waals surface area contributed by atoms with Gasteiger partial charge < -0.3 is 9.95 Å². The van der Waals surface area contributed by atoms with Crippen molar-refractivity contribution >= 4 is 22.6 Å². The number of aliphatic hydroxyl groups is 1. The van der Waals surface area contributed by atoms with Gasteiger partial charge in [0.05, 0.1) is 0 Å². The molecule has 0 radical (unpaired) electrons. The highest BCUT2D eigenvalue weighted by Crippen LogP contribution is 2.19. The second-order valence-corrected chi connectivity index (χ2v) is 3.54. The van der Waals surface area contributed by atoms with Gasteiger partial charge in [0.2, 0.25) is 6.54 Å². The highest BCUT2D eigenvalue weighted by molar-refractivity contribution is 14.1. The molecule has 1 unspecified atom stereocenters. The maximum Gasteiger partial charge on any atom is 0.244 e. The molecule has 0 heterocycles. The molecular formula is C9H8INO. The molecule has 0 aliphatic rings. The maximum atomic E-state index is 9.48. The lowest BCUT2D eigenvalue weighted by Gasteiger charge is -2.05. The monoisotopic (exact) mass is 273 g/mol. The molecule has 1 aromatic rings. The Balaban J connectivity index is 2.88. The van der Waals surface area contributed by atoms with E-state index < -0.39 is 6.10 Å². The molecule has 1 atom stereocenters. The van der Waals surface area contributed by atoms with Crippen molar-refractivity contribution in [2.24, 2.45) is 0 Å². The molecule has 12 heavy (non-hydrogen) atoms. The molecule has 3 heteroatoms. The Morgan fingerprint density at radius 1 is 1.50 bits per heavy atom. The Kier molecular flexibility index (Phi) is 3.50. The van der Waals surface area contributed by atoms with Gasteiger partial charge in [0, 0.05) is 9.13 Å². The maximum absolute atomic E-state index is 9.48. The standard InChI is InChI=1S/C9H8INO/c1-11-6-9(12)7-4-2-3-5-8(7)10/h2-5,9,12H,6H2. The van der Waals surface area contributed by atoms with E-state index in [4.69, 9.17) is 6.57 Å². The first-order valence-electron chi connectivity index (χ1n) is 3.51. The quantitative estimate of drug-likeness (QED) is 0.648. The zero-order chi connectivity index (χ0) is 8.97. The molecule has 0 spiro atoms. The zero-order valence-corrected chi connectivity index (χ0v) is 8.52. The number of aliphatic hydroxyl groups excluding tert-OH is 1. The van der Waals surface area contributed by atoms with E-state index in [1.807, 2.05) is 24.3 Å². The van der Waals surface area contributed by atoms with Crippen LogP contribution in [0.5, 0.6) is 0 Å². The van der Waals surface area contributed by atoms with E-state index in [0.29, 0.717) is 0 Å². The molecule has 0 aliphatic carbocycles. The van der Waals surface area contributed by atoms with Crippen molar-refractivity contribution in [3.05, 3.63) is 44.8 Å². The van der Waals surface area contributed by atoms with Crippen LogP contribution in [0.4, 0.5) is 0 Å². The van der Waals surface area contributed by atoms with Crippen LogP contribution in [0.1, 0.15) is 11.7 Å². The lowest BCUT2D eigenvalue weighted by molar-refractivity contribution is 0.194. The molecule has 2 nitrogen and oxygen atoms in total. The zero-order valence-electron chi connectivity index (χ0n) is 6.37. The van der Waals surface area contributed by atoms with Crippen LogP contribution >= 0.6 is 22.6 Å². The summed E-state index contributed by atoms with van der Waals surface area (Å²) in [5.41, 5.74) is 0.842. The fourth-order valence-corrected chi connectivity index (χ4v) is 1.68. The molecule has 0 fully saturated rings. The minimum atomic E-state index is -0.643. The molecular weight excluding hydrogens is 265 g/mol. The van der Waals surface area contributed by atoms with Gasteiger partial charge in [0.15, 0.2) is 6.10 Å². The van der Waals surface area contributed by atoms with E-state index in [-0.39, 0.29) is 6.54 Å². The van der Waals surface area contributed by atoms with Gasteiger partial charge in [-0.3, -0.25) is 0 Å². The van der Waals surface area contributed by atoms with E-state index in [2.05, 4.69) is 27.4 Å². The van der Waals surface area contributed by atoms with Crippen LogP contribution < -0.4 is 0 Å². The second-order valence-electron chi connectivity index (χ2n) is 2.38. The Morgan fingerprint density at radius 3 is 2.75 bits per heavy atom. The summed E-state index contributed by atoms with van der Waals surface area (Å²) in [5.74, 6) is 0. The van der Waals surface area contributed by atoms with Crippen LogP contribution in [0.15, 0.2) is 24.3 Å². The van der Waals surface area contributed by atoms with Gasteiger partial charge in [0.25, 0.3) is 0 Å². The van der Waals surface area contributed by atoms with Gasteiger partial charge in [-0.05, 0) is 28.7 Å². The van der Waals surface area contributed by atoms with Gasteiger partial charge in [-0.15, -0.1) is 0 Å². The molecule has 1 rings (SSSR count). The van der Waals surface area contributed by atoms with Gasteiger partial charge in [-0.2, -0.15) is 0 Å². The third-order valence-corrected chi connectivity index (χ3v) is 2.51. The smallest absolute Gasteiger partial charge is 0.244 e. The van der Waals surface area contributed by atoms with Crippen molar-refractivity contribution in [1.82, 2.24) is 0 Å². The molecule has 0 aromatic heterocycles. The Bertz CT molecular complexity index is 306. The highest BCUT2D eigenvalue weighted by Gasteiger charge is 2.12. The summed E-state index contributed by atoms with van der Waals surface area (Å²) in [6, 6.07) is 7.54. The van der Waals surface area contributed by atoms with Gasteiger partial charge in [0.1, 0.15) is 0 Å². The predicted molar refractivity (Wildman–Crippen MR) is 55.6 cm³/mol. The third-order valence-electron chi connectivity index (χ3n) is 1.53. The molecule has 0 saturated heterocycles. The lowest BCUT2D eigenvalue weighted by atomic mass is 10.1. The first kappa shape index (κ1) is 9.49. The van der Waals surface area contributed by atoms with E-state index in [1.54, 1.807) is 0 Å². The SMILES string of the molecule is [C-]#[N+]CC(O)c1ccccc1I. The number of hydrogen-bond acceptors (Lipinski definition) is 1. The van der Waals surface area contributed by atoms with Crippen LogP contribution in [0.3, 0.4) is 0 Å². The first-order chi connectivity index (χ1) is 5.75. The van der Waals surface area contributed by atoms with Crippen LogP contribution in [0, 0.1) is 10.1 Å². The molecule has 0 bridgehead atoms. The number of nitrogens with zero attached hydrogens (tertiary/aromatic N) is 1.